The van der Waals surface area contributed by atoms with E-state index in [1.165, 1.54) is 24.3 Å². The average Bonchev–Trinajstić information content (AvgIpc) is 2.96. The molecule has 28 heavy (non-hydrogen) atoms. The maximum atomic E-state index is 13.0. The SMILES string of the molecule is O=C(COCc1ccc(Cl)cc1)N1CCCN(C(=O)c2ccc(F)cc2)CC1. The van der Waals surface area contributed by atoms with Crippen molar-refractivity contribution in [3.63, 3.8) is 0 Å². The summed E-state index contributed by atoms with van der Waals surface area (Å²) >= 11 is 5.85. The number of carbonyl (C=O) groups excluding carboxylic acids is 2. The minimum atomic E-state index is -0.372. The molecule has 2 amide bonds. The van der Waals surface area contributed by atoms with Gasteiger partial charge >= 0.3 is 0 Å². The van der Waals surface area contributed by atoms with Gasteiger partial charge in [-0.2, -0.15) is 0 Å². The fourth-order valence-corrected chi connectivity index (χ4v) is 3.20. The van der Waals surface area contributed by atoms with E-state index in [4.69, 9.17) is 16.3 Å². The molecule has 1 aliphatic rings. The van der Waals surface area contributed by atoms with Crippen molar-refractivity contribution in [3.05, 3.63) is 70.5 Å². The minimum Gasteiger partial charge on any atom is -0.367 e. The second-order valence-corrected chi connectivity index (χ2v) is 7.09. The summed E-state index contributed by atoms with van der Waals surface area (Å²) in [6.07, 6.45) is 0.690. The largest absolute Gasteiger partial charge is 0.367 e. The second kappa shape index (κ2) is 9.66. The molecule has 5 nitrogen and oxygen atoms in total. The van der Waals surface area contributed by atoms with Crippen molar-refractivity contribution in [2.24, 2.45) is 0 Å². The van der Waals surface area contributed by atoms with Crippen LogP contribution in [0.5, 0.6) is 0 Å². The van der Waals surface area contributed by atoms with Crippen LogP contribution in [-0.2, 0) is 16.1 Å². The summed E-state index contributed by atoms with van der Waals surface area (Å²) in [6.45, 7) is 2.37. The smallest absolute Gasteiger partial charge is 0.253 e. The molecular weight excluding hydrogens is 383 g/mol. The van der Waals surface area contributed by atoms with Gasteiger partial charge in [-0.3, -0.25) is 9.59 Å². The zero-order valence-electron chi connectivity index (χ0n) is 15.4. The molecule has 0 radical (unpaired) electrons. The zero-order chi connectivity index (χ0) is 19.9. The van der Waals surface area contributed by atoms with Crippen molar-refractivity contribution in [2.75, 3.05) is 32.8 Å². The molecule has 148 valence electrons. The average molecular weight is 405 g/mol. The highest BCUT2D eigenvalue weighted by Crippen LogP contribution is 2.12. The van der Waals surface area contributed by atoms with Gasteiger partial charge in [-0.25, -0.2) is 4.39 Å². The molecule has 0 unspecified atom stereocenters. The topological polar surface area (TPSA) is 49.9 Å². The molecule has 0 bridgehead atoms. The van der Waals surface area contributed by atoms with Crippen molar-refractivity contribution in [1.82, 2.24) is 9.80 Å². The molecule has 0 saturated carbocycles. The van der Waals surface area contributed by atoms with E-state index in [1.54, 1.807) is 21.9 Å². The van der Waals surface area contributed by atoms with E-state index < -0.39 is 0 Å². The Labute approximate surface area is 168 Å². The van der Waals surface area contributed by atoms with Crippen molar-refractivity contribution in [3.8, 4) is 0 Å². The number of nitrogens with zero attached hydrogens (tertiary/aromatic N) is 2. The predicted octanol–water partition coefficient (Wildman–Crippen LogP) is 3.37. The normalized spacial score (nSPS) is 14.6. The monoisotopic (exact) mass is 404 g/mol. The Morgan fingerprint density at radius 1 is 0.929 bits per heavy atom. The standard InChI is InChI=1S/C21H22ClFN2O3/c22-18-6-2-16(3-7-18)14-28-15-20(26)24-10-1-11-25(13-12-24)21(27)17-4-8-19(23)9-5-17/h2-9H,1,10-15H2. The van der Waals surface area contributed by atoms with Crippen molar-refractivity contribution >= 4 is 23.4 Å². The molecule has 0 aromatic heterocycles. The molecule has 0 spiro atoms. The Balaban J connectivity index is 1.47. The summed E-state index contributed by atoms with van der Waals surface area (Å²) in [5, 5.41) is 0.657. The Bertz CT molecular complexity index is 811. The molecule has 1 aliphatic heterocycles. The van der Waals surface area contributed by atoms with Crippen molar-refractivity contribution in [2.45, 2.75) is 13.0 Å². The number of rotatable bonds is 5. The number of ether oxygens (including phenoxy) is 1. The van der Waals surface area contributed by atoms with Crippen LogP contribution < -0.4 is 0 Å². The van der Waals surface area contributed by atoms with Crippen LogP contribution in [0.2, 0.25) is 5.02 Å². The van der Waals surface area contributed by atoms with E-state index in [2.05, 4.69) is 0 Å². The predicted molar refractivity (Wildman–Crippen MR) is 105 cm³/mol. The van der Waals surface area contributed by atoms with E-state index in [-0.39, 0.29) is 24.2 Å². The summed E-state index contributed by atoms with van der Waals surface area (Å²) in [6, 6.07) is 12.8. The third-order valence-electron chi connectivity index (χ3n) is 4.63. The molecule has 3 rings (SSSR count). The van der Waals surface area contributed by atoms with E-state index >= 15 is 0 Å². The van der Waals surface area contributed by atoms with Crippen LogP contribution >= 0.6 is 11.6 Å². The lowest BCUT2D eigenvalue weighted by Gasteiger charge is -2.22. The molecule has 0 aliphatic carbocycles. The van der Waals surface area contributed by atoms with Gasteiger partial charge in [0.1, 0.15) is 12.4 Å². The first-order valence-electron chi connectivity index (χ1n) is 9.18. The molecule has 1 fully saturated rings. The van der Waals surface area contributed by atoms with Crippen molar-refractivity contribution in [1.29, 1.82) is 0 Å². The van der Waals surface area contributed by atoms with Crippen LogP contribution in [0.3, 0.4) is 0 Å². The lowest BCUT2D eigenvalue weighted by Crippen LogP contribution is -2.38. The summed E-state index contributed by atoms with van der Waals surface area (Å²) in [5.41, 5.74) is 1.40. The summed E-state index contributed by atoms with van der Waals surface area (Å²) in [4.78, 5) is 28.4. The third kappa shape index (κ3) is 5.53. The van der Waals surface area contributed by atoms with Gasteiger partial charge in [-0.05, 0) is 48.4 Å². The Morgan fingerprint density at radius 3 is 2.29 bits per heavy atom. The summed E-state index contributed by atoms with van der Waals surface area (Å²) < 4.78 is 18.6. The molecule has 1 saturated heterocycles. The van der Waals surface area contributed by atoms with Gasteiger partial charge in [-0.1, -0.05) is 23.7 Å². The number of carbonyl (C=O) groups is 2. The summed E-state index contributed by atoms with van der Waals surface area (Å²) in [5.74, 6) is -0.610. The Hall–Kier alpha value is -2.44. The fourth-order valence-electron chi connectivity index (χ4n) is 3.07. The number of benzene rings is 2. The molecule has 2 aromatic carbocycles. The highest BCUT2D eigenvalue weighted by molar-refractivity contribution is 6.30. The van der Waals surface area contributed by atoms with Gasteiger partial charge in [0.05, 0.1) is 6.61 Å². The zero-order valence-corrected chi connectivity index (χ0v) is 16.2. The second-order valence-electron chi connectivity index (χ2n) is 6.65. The van der Waals surface area contributed by atoms with E-state index in [0.29, 0.717) is 49.8 Å². The molecule has 1 heterocycles. The lowest BCUT2D eigenvalue weighted by atomic mass is 10.2. The van der Waals surface area contributed by atoms with Crippen LogP contribution in [0.15, 0.2) is 48.5 Å². The van der Waals surface area contributed by atoms with Crippen LogP contribution in [0.1, 0.15) is 22.3 Å². The van der Waals surface area contributed by atoms with Gasteiger partial charge < -0.3 is 14.5 Å². The fraction of sp³-hybridized carbons (Fsp3) is 0.333. The molecular formula is C21H22ClFN2O3. The molecule has 2 aromatic rings. The number of amides is 2. The first-order valence-corrected chi connectivity index (χ1v) is 9.55. The number of hydrogen-bond donors (Lipinski definition) is 0. The first-order chi connectivity index (χ1) is 13.5. The van der Waals surface area contributed by atoms with Crippen LogP contribution in [-0.4, -0.2) is 54.4 Å². The third-order valence-corrected chi connectivity index (χ3v) is 4.89. The van der Waals surface area contributed by atoms with Crippen LogP contribution in [0, 0.1) is 5.82 Å². The van der Waals surface area contributed by atoms with E-state index in [0.717, 1.165) is 5.56 Å². The van der Waals surface area contributed by atoms with Crippen LogP contribution in [0.4, 0.5) is 4.39 Å². The molecule has 0 N–H and O–H groups in total. The first kappa shape index (κ1) is 20.3. The van der Waals surface area contributed by atoms with Gasteiger partial charge in [0.25, 0.3) is 5.91 Å². The highest BCUT2D eigenvalue weighted by Gasteiger charge is 2.22. The molecule has 7 heteroatoms. The minimum absolute atomic E-state index is 0.00542. The van der Waals surface area contributed by atoms with E-state index in [9.17, 15) is 14.0 Å². The van der Waals surface area contributed by atoms with E-state index in [1.807, 2.05) is 12.1 Å². The Morgan fingerprint density at radius 2 is 1.57 bits per heavy atom. The van der Waals surface area contributed by atoms with Gasteiger partial charge in [0.15, 0.2) is 0 Å². The van der Waals surface area contributed by atoms with Crippen molar-refractivity contribution < 1.29 is 18.7 Å². The van der Waals surface area contributed by atoms with Crippen LogP contribution in [0.25, 0.3) is 0 Å². The lowest BCUT2D eigenvalue weighted by molar-refractivity contribution is -0.136. The van der Waals surface area contributed by atoms with Gasteiger partial charge in [-0.15, -0.1) is 0 Å². The quantitative estimate of drug-likeness (QED) is 0.767. The van der Waals surface area contributed by atoms with Gasteiger partial charge in [0, 0.05) is 36.8 Å². The number of hydrogen-bond acceptors (Lipinski definition) is 3. The maximum absolute atomic E-state index is 13.0. The maximum Gasteiger partial charge on any atom is 0.253 e. The highest BCUT2D eigenvalue weighted by atomic mass is 35.5. The molecule has 0 atom stereocenters. The Kier molecular flexibility index (Phi) is 7.01. The number of halogens is 2. The van der Waals surface area contributed by atoms with Gasteiger partial charge in [0.2, 0.25) is 5.91 Å². The summed E-state index contributed by atoms with van der Waals surface area (Å²) in [7, 11) is 0.